The first-order chi connectivity index (χ1) is 8.72. The van der Waals surface area contributed by atoms with Gasteiger partial charge in [-0.3, -0.25) is 0 Å². The molecule has 0 amide bonds. The SMILES string of the molecule is CCc1ccc(N)cc1S(=O)(=O)NC(C)(C)CCO. The molecule has 0 heterocycles. The Morgan fingerprint density at radius 3 is 2.53 bits per heavy atom. The van der Waals surface area contributed by atoms with Gasteiger partial charge in [0.1, 0.15) is 0 Å². The van der Waals surface area contributed by atoms with Crippen LogP contribution >= 0.6 is 0 Å². The number of nitrogens with one attached hydrogen (secondary N) is 1. The van der Waals surface area contributed by atoms with Crippen LogP contribution in [0.3, 0.4) is 0 Å². The fourth-order valence-electron chi connectivity index (χ4n) is 1.86. The van der Waals surface area contributed by atoms with Gasteiger partial charge in [0, 0.05) is 17.8 Å². The Hall–Kier alpha value is -1.11. The monoisotopic (exact) mass is 286 g/mol. The van der Waals surface area contributed by atoms with Crippen LogP contribution in [0.1, 0.15) is 32.8 Å². The van der Waals surface area contributed by atoms with Crippen molar-refractivity contribution < 1.29 is 13.5 Å². The normalized spacial score (nSPS) is 12.6. The molecule has 1 rings (SSSR count). The van der Waals surface area contributed by atoms with Crippen molar-refractivity contribution in [1.29, 1.82) is 0 Å². The molecular formula is C13H22N2O3S. The van der Waals surface area contributed by atoms with Gasteiger partial charge >= 0.3 is 0 Å². The molecule has 0 aliphatic heterocycles. The molecule has 0 aliphatic carbocycles. The Bertz CT molecular complexity index is 539. The van der Waals surface area contributed by atoms with Crippen molar-refractivity contribution in [2.75, 3.05) is 12.3 Å². The van der Waals surface area contributed by atoms with E-state index in [1.54, 1.807) is 26.0 Å². The van der Waals surface area contributed by atoms with Crippen LogP contribution in [0.2, 0.25) is 0 Å². The van der Waals surface area contributed by atoms with Crippen LogP contribution in [0.15, 0.2) is 23.1 Å². The molecular weight excluding hydrogens is 264 g/mol. The molecule has 19 heavy (non-hydrogen) atoms. The highest BCUT2D eigenvalue weighted by Gasteiger charge is 2.27. The summed E-state index contributed by atoms with van der Waals surface area (Å²) in [6, 6.07) is 4.88. The lowest BCUT2D eigenvalue weighted by Crippen LogP contribution is -2.44. The smallest absolute Gasteiger partial charge is 0.241 e. The van der Waals surface area contributed by atoms with E-state index in [1.165, 1.54) is 6.07 Å². The predicted octanol–water partition coefficient (Wildman–Crippen LogP) is 1.27. The van der Waals surface area contributed by atoms with Crippen LogP contribution in [0, 0.1) is 0 Å². The molecule has 5 nitrogen and oxygen atoms in total. The van der Waals surface area contributed by atoms with E-state index in [-0.39, 0.29) is 11.5 Å². The molecule has 0 aliphatic rings. The molecule has 0 spiro atoms. The van der Waals surface area contributed by atoms with Crippen LogP contribution in [0.5, 0.6) is 0 Å². The van der Waals surface area contributed by atoms with Crippen molar-refractivity contribution in [2.24, 2.45) is 0 Å². The first-order valence-corrected chi connectivity index (χ1v) is 7.73. The van der Waals surface area contributed by atoms with Crippen molar-refractivity contribution >= 4 is 15.7 Å². The molecule has 0 atom stereocenters. The number of sulfonamides is 1. The maximum atomic E-state index is 12.4. The standard InChI is InChI=1S/C13H22N2O3S/c1-4-10-5-6-11(14)9-12(10)19(17,18)15-13(2,3)7-8-16/h5-6,9,15-16H,4,7-8,14H2,1-3H3. The number of benzene rings is 1. The average molecular weight is 286 g/mol. The molecule has 108 valence electrons. The molecule has 0 saturated heterocycles. The van der Waals surface area contributed by atoms with Crippen LogP contribution in [0.4, 0.5) is 5.69 Å². The summed E-state index contributed by atoms with van der Waals surface area (Å²) < 4.78 is 27.4. The molecule has 0 radical (unpaired) electrons. The fourth-order valence-corrected chi connectivity index (χ4v) is 3.65. The number of aryl methyl sites for hydroxylation is 1. The molecule has 1 aromatic rings. The lowest BCUT2D eigenvalue weighted by Gasteiger charge is -2.25. The average Bonchev–Trinajstić information content (AvgIpc) is 2.27. The number of nitrogen functional groups attached to an aromatic ring is 1. The Balaban J connectivity index is 3.17. The van der Waals surface area contributed by atoms with E-state index >= 15 is 0 Å². The van der Waals surface area contributed by atoms with Crippen molar-refractivity contribution in [2.45, 2.75) is 44.0 Å². The predicted molar refractivity (Wildman–Crippen MR) is 76.3 cm³/mol. The zero-order chi connectivity index (χ0) is 14.7. The highest BCUT2D eigenvalue weighted by Crippen LogP contribution is 2.22. The van der Waals surface area contributed by atoms with Gasteiger partial charge in [0.05, 0.1) is 4.90 Å². The number of aliphatic hydroxyl groups is 1. The summed E-state index contributed by atoms with van der Waals surface area (Å²) >= 11 is 0. The number of hydrogen-bond donors (Lipinski definition) is 3. The Morgan fingerprint density at radius 2 is 2.00 bits per heavy atom. The van der Waals surface area contributed by atoms with Gasteiger partial charge in [-0.05, 0) is 44.4 Å². The second-order valence-corrected chi connectivity index (χ2v) is 6.83. The van der Waals surface area contributed by atoms with Gasteiger partial charge < -0.3 is 10.8 Å². The second-order valence-electron chi connectivity index (χ2n) is 5.18. The Kier molecular flexibility index (Phi) is 4.95. The van der Waals surface area contributed by atoms with Crippen molar-refractivity contribution in [3.05, 3.63) is 23.8 Å². The summed E-state index contributed by atoms with van der Waals surface area (Å²) in [4.78, 5) is 0.209. The number of aliphatic hydroxyl groups excluding tert-OH is 1. The Morgan fingerprint density at radius 1 is 1.37 bits per heavy atom. The van der Waals surface area contributed by atoms with Crippen molar-refractivity contribution in [1.82, 2.24) is 4.72 Å². The molecule has 4 N–H and O–H groups in total. The van der Waals surface area contributed by atoms with Crippen LogP contribution in [0.25, 0.3) is 0 Å². The first-order valence-electron chi connectivity index (χ1n) is 6.25. The summed E-state index contributed by atoms with van der Waals surface area (Å²) in [5.74, 6) is 0. The summed E-state index contributed by atoms with van der Waals surface area (Å²) in [6.45, 7) is 5.29. The molecule has 0 unspecified atom stereocenters. The zero-order valence-corrected chi connectivity index (χ0v) is 12.4. The third-order valence-corrected chi connectivity index (χ3v) is 4.69. The number of hydrogen-bond acceptors (Lipinski definition) is 4. The summed E-state index contributed by atoms with van der Waals surface area (Å²) in [5, 5.41) is 8.96. The van der Waals surface area contributed by atoms with Gasteiger partial charge in [0.25, 0.3) is 0 Å². The lowest BCUT2D eigenvalue weighted by atomic mass is 10.0. The summed E-state index contributed by atoms with van der Waals surface area (Å²) in [5.41, 5.74) is 6.10. The third kappa shape index (κ3) is 4.19. The van der Waals surface area contributed by atoms with Crippen LogP contribution < -0.4 is 10.5 Å². The van der Waals surface area contributed by atoms with E-state index in [9.17, 15) is 8.42 Å². The maximum absolute atomic E-state index is 12.4. The van der Waals surface area contributed by atoms with Gasteiger partial charge in [-0.25, -0.2) is 13.1 Å². The molecule has 0 fully saturated rings. The minimum atomic E-state index is -3.65. The molecule has 0 aromatic heterocycles. The molecule has 6 heteroatoms. The lowest BCUT2D eigenvalue weighted by molar-refractivity contribution is 0.245. The summed E-state index contributed by atoms with van der Waals surface area (Å²) in [6.07, 6.45) is 0.951. The highest BCUT2D eigenvalue weighted by molar-refractivity contribution is 7.89. The van der Waals surface area contributed by atoms with E-state index in [0.29, 0.717) is 18.5 Å². The molecule has 1 aromatic carbocycles. The quantitative estimate of drug-likeness (QED) is 0.687. The van der Waals surface area contributed by atoms with Gasteiger partial charge in [-0.15, -0.1) is 0 Å². The molecule has 0 bridgehead atoms. The van der Waals surface area contributed by atoms with Crippen molar-refractivity contribution in [3.8, 4) is 0 Å². The minimum Gasteiger partial charge on any atom is -0.399 e. The maximum Gasteiger partial charge on any atom is 0.241 e. The second kappa shape index (κ2) is 5.90. The van der Waals surface area contributed by atoms with E-state index in [0.717, 1.165) is 5.56 Å². The molecule has 0 saturated carbocycles. The number of nitrogens with two attached hydrogens (primary N) is 1. The van der Waals surface area contributed by atoms with Crippen LogP contribution in [-0.2, 0) is 16.4 Å². The first kappa shape index (κ1) is 15.9. The minimum absolute atomic E-state index is 0.0763. The Labute approximate surface area is 114 Å². The van der Waals surface area contributed by atoms with Gasteiger partial charge in [-0.2, -0.15) is 0 Å². The zero-order valence-electron chi connectivity index (χ0n) is 11.6. The van der Waals surface area contributed by atoms with Gasteiger partial charge in [-0.1, -0.05) is 13.0 Å². The van der Waals surface area contributed by atoms with E-state index in [1.807, 2.05) is 6.92 Å². The largest absolute Gasteiger partial charge is 0.399 e. The van der Waals surface area contributed by atoms with Gasteiger partial charge in [0.15, 0.2) is 0 Å². The summed E-state index contributed by atoms with van der Waals surface area (Å²) in [7, 11) is -3.65. The van der Waals surface area contributed by atoms with Crippen LogP contribution in [-0.4, -0.2) is 25.7 Å². The fraction of sp³-hybridized carbons (Fsp3) is 0.538. The van der Waals surface area contributed by atoms with E-state index in [2.05, 4.69) is 4.72 Å². The highest BCUT2D eigenvalue weighted by atomic mass is 32.2. The van der Waals surface area contributed by atoms with E-state index < -0.39 is 15.6 Å². The third-order valence-electron chi connectivity index (χ3n) is 2.91. The number of rotatable bonds is 6. The topological polar surface area (TPSA) is 92.4 Å². The van der Waals surface area contributed by atoms with Gasteiger partial charge in [0.2, 0.25) is 10.0 Å². The van der Waals surface area contributed by atoms with E-state index in [4.69, 9.17) is 10.8 Å². The number of anilines is 1. The van der Waals surface area contributed by atoms with Crippen molar-refractivity contribution in [3.63, 3.8) is 0 Å².